The quantitative estimate of drug-likeness (QED) is 0.834. The zero-order valence-corrected chi connectivity index (χ0v) is 15.4. The van der Waals surface area contributed by atoms with Gasteiger partial charge in [0, 0.05) is 19.3 Å². The van der Waals surface area contributed by atoms with Crippen molar-refractivity contribution in [1.29, 1.82) is 5.26 Å². The van der Waals surface area contributed by atoms with E-state index in [2.05, 4.69) is 16.0 Å². The number of aliphatic hydroxyl groups is 1. The molecule has 0 bridgehead atoms. The molecule has 0 spiro atoms. The second kappa shape index (κ2) is 8.05. The summed E-state index contributed by atoms with van der Waals surface area (Å²) >= 11 is 0. The number of nitriles is 1. The predicted molar refractivity (Wildman–Crippen MR) is 97.4 cm³/mol. The molecule has 1 aliphatic heterocycles. The largest absolute Gasteiger partial charge is 0.466 e. The van der Waals surface area contributed by atoms with Gasteiger partial charge in [-0.15, -0.1) is 0 Å². The molecule has 0 amide bonds. The number of carbonyl (C=O) groups is 1. The summed E-state index contributed by atoms with van der Waals surface area (Å²) < 4.78 is 5.18. The van der Waals surface area contributed by atoms with Crippen LogP contribution in [-0.2, 0) is 9.53 Å². The third-order valence-electron chi connectivity index (χ3n) is 5.88. The lowest BCUT2D eigenvalue weighted by atomic mass is 9.69. The van der Waals surface area contributed by atoms with Crippen LogP contribution in [0.3, 0.4) is 0 Å². The van der Waals surface area contributed by atoms with Gasteiger partial charge in [-0.25, -0.2) is 4.98 Å². The van der Waals surface area contributed by atoms with Crippen LogP contribution >= 0.6 is 0 Å². The van der Waals surface area contributed by atoms with Crippen LogP contribution in [-0.4, -0.2) is 41.4 Å². The smallest absolute Gasteiger partial charge is 0.308 e. The number of carbonyl (C=O) groups excluding carboxylic acids is 1. The molecule has 3 rings (SSSR count). The molecular formula is C20H27N3O3. The number of anilines is 1. The Bertz CT molecular complexity index is 660. The minimum absolute atomic E-state index is 0.0732. The summed E-state index contributed by atoms with van der Waals surface area (Å²) in [6.07, 6.45) is 6.47. The monoisotopic (exact) mass is 357 g/mol. The number of hydrogen-bond donors (Lipinski definition) is 1. The van der Waals surface area contributed by atoms with E-state index in [9.17, 15) is 9.90 Å². The lowest BCUT2D eigenvalue weighted by Gasteiger charge is -2.45. The topological polar surface area (TPSA) is 86.5 Å². The number of aromatic nitrogens is 1. The molecule has 1 aromatic heterocycles. The minimum Gasteiger partial charge on any atom is -0.466 e. The number of nitrogens with zero attached hydrogens (tertiary/aromatic N) is 3. The number of pyridine rings is 1. The van der Waals surface area contributed by atoms with E-state index >= 15 is 0 Å². The number of piperidine rings is 1. The maximum absolute atomic E-state index is 12.1. The first kappa shape index (κ1) is 18.7. The van der Waals surface area contributed by atoms with Crippen LogP contribution in [0.4, 0.5) is 5.82 Å². The van der Waals surface area contributed by atoms with Crippen molar-refractivity contribution in [3.63, 3.8) is 0 Å². The van der Waals surface area contributed by atoms with Crippen molar-refractivity contribution in [2.75, 3.05) is 24.6 Å². The summed E-state index contributed by atoms with van der Waals surface area (Å²) in [7, 11) is 0. The first-order valence-electron chi connectivity index (χ1n) is 9.56. The van der Waals surface area contributed by atoms with E-state index in [4.69, 9.17) is 10.00 Å². The molecule has 1 N–H and O–H groups in total. The van der Waals surface area contributed by atoms with E-state index in [1.807, 2.05) is 13.0 Å². The van der Waals surface area contributed by atoms with Gasteiger partial charge in [0.05, 0.1) is 23.7 Å². The van der Waals surface area contributed by atoms with E-state index in [-0.39, 0.29) is 17.8 Å². The average Bonchev–Trinajstić information content (AvgIpc) is 2.69. The molecule has 26 heavy (non-hydrogen) atoms. The summed E-state index contributed by atoms with van der Waals surface area (Å²) in [5.74, 6) is 0.816. The Kier molecular flexibility index (Phi) is 5.77. The third-order valence-corrected chi connectivity index (χ3v) is 5.88. The second-order valence-electron chi connectivity index (χ2n) is 7.42. The highest BCUT2D eigenvalue weighted by atomic mass is 16.5. The zero-order valence-electron chi connectivity index (χ0n) is 15.4. The highest BCUT2D eigenvalue weighted by Gasteiger charge is 2.43. The van der Waals surface area contributed by atoms with Gasteiger partial charge in [-0.2, -0.15) is 5.26 Å². The molecule has 1 saturated carbocycles. The van der Waals surface area contributed by atoms with Crippen LogP contribution in [0.25, 0.3) is 0 Å². The number of rotatable bonds is 4. The number of esters is 1. The summed E-state index contributed by atoms with van der Waals surface area (Å²) in [6, 6.07) is 5.71. The van der Waals surface area contributed by atoms with E-state index in [1.165, 1.54) is 0 Å². The predicted octanol–water partition coefficient (Wildman–Crippen LogP) is 2.65. The van der Waals surface area contributed by atoms with Gasteiger partial charge in [0.25, 0.3) is 0 Å². The van der Waals surface area contributed by atoms with Gasteiger partial charge in [-0.3, -0.25) is 4.79 Å². The molecule has 2 fully saturated rings. The SMILES string of the molecule is CCOC(=O)C1CCCC(C2(O)CCN(c3ccc(C#N)cn3)CC2)C1. The first-order valence-corrected chi connectivity index (χ1v) is 9.56. The Labute approximate surface area is 154 Å². The number of ether oxygens (including phenoxy) is 1. The fourth-order valence-corrected chi connectivity index (χ4v) is 4.32. The van der Waals surface area contributed by atoms with Gasteiger partial charge >= 0.3 is 5.97 Å². The molecule has 140 valence electrons. The van der Waals surface area contributed by atoms with E-state index in [0.717, 1.165) is 44.6 Å². The number of hydrogen-bond acceptors (Lipinski definition) is 6. The van der Waals surface area contributed by atoms with Crippen LogP contribution in [0.1, 0.15) is 51.0 Å². The molecule has 2 atom stereocenters. The Morgan fingerprint density at radius 2 is 2.19 bits per heavy atom. The van der Waals surface area contributed by atoms with Crippen molar-refractivity contribution in [2.24, 2.45) is 11.8 Å². The zero-order chi connectivity index (χ0) is 18.6. The van der Waals surface area contributed by atoms with Gasteiger partial charge < -0.3 is 14.7 Å². The molecule has 0 radical (unpaired) electrons. The Morgan fingerprint density at radius 1 is 1.42 bits per heavy atom. The third kappa shape index (κ3) is 3.99. The molecule has 6 nitrogen and oxygen atoms in total. The summed E-state index contributed by atoms with van der Waals surface area (Å²) in [5, 5.41) is 20.1. The highest BCUT2D eigenvalue weighted by molar-refractivity contribution is 5.72. The van der Waals surface area contributed by atoms with E-state index in [1.54, 1.807) is 12.3 Å². The first-order chi connectivity index (χ1) is 12.6. The standard InChI is InChI=1S/C20H27N3O3/c1-2-26-19(24)16-4-3-5-17(12-16)20(25)8-10-23(11-9-20)18-7-6-15(13-21)14-22-18/h6-7,14,16-17,25H,2-5,8-12H2,1H3. The summed E-state index contributed by atoms with van der Waals surface area (Å²) in [6.45, 7) is 3.71. The molecule has 1 aliphatic carbocycles. The minimum atomic E-state index is -0.714. The Morgan fingerprint density at radius 3 is 2.81 bits per heavy atom. The van der Waals surface area contributed by atoms with Gasteiger partial charge in [0.1, 0.15) is 11.9 Å². The molecule has 1 saturated heterocycles. The van der Waals surface area contributed by atoms with E-state index in [0.29, 0.717) is 25.0 Å². The molecular weight excluding hydrogens is 330 g/mol. The lowest BCUT2D eigenvalue weighted by molar-refractivity contribution is -0.151. The summed E-state index contributed by atoms with van der Waals surface area (Å²) in [4.78, 5) is 18.6. The molecule has 2 unspecified atom stereocenters. The van der Waals surface area contributed by atoms with Crippen LogP contribution < -0.4 is 4.90 Å². The van der Waals surface area contributed by atoms with Gasteiger partial charge in [-0.05, 0) is 57.1 Å². The van der Waals surface area contributed by atoms with Gasteiger partial charge in [0.15, 0.2) is 0 Å². The molecule has 6 heteroatoms. The van der Waals surface area contributed by atoms with Crippen LogP contribution in [0, 0.1) is 23.2 Å². The van der Waals surface area contributed by atoms with Crippen LogP contribution in [0.15, 0.2) is 18.3 Å². The summed E-state index contributed by atoms with van der Waals surface area (Å²) in [5.41, 5.74) is -0.164. The van der Waals surface area contributed by atoms with Crippen molar-refractivity contribution >= 4 is 11.8 Å². The molecule has 0 aromatic carbocycles. The van der Waals surface area contributed by atoms with Crippen molar-refractivity contribution in [2.45, 2.75) is 51.0 Å². The van der Waals surface area contributed by atoms with Gasteiger partial charge in [0.2, 0.25) is 0 Å². The Balaban J connectivity index is 1.60. The molecule has 2 heterocycles. The maximum Gasteiger partial charge on any atom is 0.308 e. The van der Waals surface area contributed by atoms with Crippen LogP contribution in [0.5, 0.6) is 0 Å². The van der Waals surface area contributed by atoms with Gasteiger partial charge in [-0.1, -0.05) is 6.42 Å². The average molecular weight is 357 g/mol. The highest BCUT2D eigenvalue weighted by Crippen LogP contribution is 2.41. The Hall–Kier alpha value is -2.13. The fourth-order valence-electron chi connectivity index (χ4n) is 4.32. The normalized spacial score (nSPS) is 25.3. The van der Waals surface area contributed by atoms with Crippen LogP contribution in [0.2, 0.25) is 0 Å². The second-order valence-corrected chi connectivity index (χ2v) is 7.42. The van der Waals surface area contributed by atoms with Crippen molar-refractivity contribution in [3.05, 3.63) is 23.9 Å². The van der Waals surface area contributed by atoms with Crippen molar-refractivity contribution in [3.8, 4) is 6.07 Å². The molecule has 2 aliphatic rings. The van der Waals surface area contributed by atoms with Crippen molar-refractivity contribution < 1.29 is 14.6 Å². The maximum atomic E-state index is 12.1. The lowest BCUT2D eigenvalue weighted by Crippen LogP contribution is -2.50. The molecule has 1 aromatic rings. The fraction of sp³-hybridized carbons (Fsp3) is 0.650. The van der Waals surface area contributed by atoms with Crippen molar-refractivity contribution in [1.82, 2.24) is 4.98 Å². The van der Waals surface area contributed by atoms with E-state index < -0.39 is 5.60 Å².